The number of halogens is 1. The molecule has 106 valence electrons. The Morgan fingerprint density at radius 2 is 2.00 bits per heavy atom. The zero-order valence-corrected chi connectivity index (χ0v) is 12.3. The maximum absolute atomic E-state index is 13.8. The molecule has 1 unspecified atom stereocenters. The molecule has 1 heterocycles. The second-order valence-corrected chi connectivity index (χ2v) is 5.10. The van der Waals surface area contributed by atoms with Gasteiger partial charge in [0.15, 0.2) is 0 Å². The van der Waals surface area contributed by atoms with Crippen LogP contribution in [-0.2, 0) is 0 Å². The number of pyridine rings is 1. The molecule has 1 aromatic heterocycles. The van der Waals surface area contributed by atoms with Gasteiger partial charge < -0.3 is 5.32 Å². The van der Waals surface area contributed by atoms with Gasteiger partial charge in [-0.25, -0.2) is 4.39 Å². The third-order valence-corrected chi connectivity index (χ3v) is 3.45. The third-order valence-electron chi connectivity index (χ3n) is 3.45. The lowest BCUT2D eigenvalue weighted by molar-refractivity contribution is 0.571. The summed E-state index contributed by atoms with van der Waals surface area (Å²) in [6.07, 6.45) is 2.81. The molecular formula is C17H21FN2. The molecule has 2 nitrogen and oxygen atoms in total. The molecule has 0 bridgehead atoms. The van der Waals surface area contributed by atoms with Gasteiger partial charge in [-0.2, -0.15) is 0 Å². The van der Waals surface area contributed by atoms with Crippen molar-refractivity contribution in [3.8, 4) is 0 Å². The molecule has 0 fully saturated rings. The van der Waals surface area contributed by atoms with Crippen molar-refractivity contribution >= 4 is 0 Å². The maximum Gasteiger partial charge on any atom is 0.126 e. The minimum Gasteiger partial charge on any atom is -0.305 e. The van der Waals surface area contributed by atoms with Crippen molar-refractivity contribution in [2.45, 2.75) is 33.2 Å². The van der Waals surface area contributed by atoms with Crippen LogP contribution in [0.15, 0.2) is 36.5 Å². The van der Waals surface area contributed by atoms with Crippen molar-refractivity contribution in [1.82, 2.24) is 10.3 Å². The molecule has 2 rings (SSSR count). The van der Waals surface area contributed by atoms with Crippen LogP contribution in [-0.4, -0.2) is 11.5 Å². The number of nitrogens with zero attached hydrogens (tertiary/aromatic N) is 1. The number of hydrogen-bond acceptors (Lipinski definition) is 2. The van der Waals surface area contributed by atoms with Gasteiger partial charge in [0.25, 0.3) is 0 Å². The molecule has 0 radical (unpaired) electrons. The maximum atomic E-state index is 13.8. The molecular weight excluding hydrogens is 251 g/mol. The summed E-state index contributed by atoms with van der Waals surface area (Å²) < 4.78 is 13.8. The summed E-state index contributed by atoms with van der Waals surface area (Å²) in [5.41, 5.74) is 3.66. The predicted molar refractivity (Wildman–Crippen MR) is 80.2 cm³/mol. The van der Waals surface area contributed by atoms with Gasteiger partial charge in [0.05, 0.1) is 11.7 Å². The average molecular weight is 272 g/mol. The van der Waals surface area contributed by atoms with E-state index in [0.717, 1.165) is 29.8 Å². The zero-order chi connectivity index (χ0) is 14.5. The molecule has 0 aliphatic carbocycles. The molecule has 0 saturated carbocycles. The Morgan fingerprint density at radius 1 is 1.20 bits per heavy atom. The zero-order valence-electron chi connectivity index (χ0n) is 12.3. The van der Waals surface area contributed by atoms with Gasteiger partial charge in [-0.3, -0.25) is 4.98 Å². The smallest absolute Gasteiger partial charge is 0.126 e. The summed E-state index contributed by atoms with van der Waals surface area (Å²) >= 11 is 0. The van der Waals surface area contributed by atoms with Crippen LogP contribution in [0, 0.1) is 19.7 Å². The van der Waals surface area contributed by atoms with Crippen LogP contribution in [0.2, 0.25) is 0 Å². The standard InChI is InChI=1S/C17H21FN2/c1-4-9-19-17(16-13(3)6-5-10-20-16)14-8-7-12(2)15(18)11-14/h5-8,10-11,17,19H,4,9H2,1-3H3. The molecule has 0 spiro atoms. The van der Waals surface area contributed by atoms with E-state index in [-0.39, 0.29) is 11.9 Å². The lowest BCUT2D eigenvalue weighted by Gasteiger charge is -2.20. The number of hydrogen-bond donors (Lipinski definition) is 1. The van der Waals surface area contributed by atoms with Crippen molar-refractivity contribution in [3.63, 3.8) is 0 Å². The van der Waals surface area contributed by atoms with E-state index < -0.39 is 0 Å². The minimum absolute atomic E-state index is 0.0637. The average Bonchev–Trinajstić information content (AvgIpc) is 2.44. The summed E-state index contributed by atoms with van der Waals surface area (Å²) in [6, 6.07) is 9.30. The van der Waals surface area contributed by atoms with E-state index in [4.69, 9.17) is 0 Å². The Bertz CT molecular complexity index is 581. The largest absolute Gasteiger partial charge is 0.305 e. The molecule has 0 aliphatic rings. The highest BCUT2D eigenvalue weighted by Crippen LogP contribution is 2.24. The molecule has 2 aromatic rings. The first kappa shape index (κ1) is 14.7. The first-order valence-corrected chi connectivity index (χ1v) is 7.04. The fraction of sp³-hybridized carbons (Fsp3) is 0.353. The van der Waals surface area contributed by atoms with E-state index in [1.54, 1.807) is 19.2 Å². The summed E-state index contributed by atoms with van der Waals surface area (Å²) in [5.74, 6) is -0.167. The van der Waals surface area contributed by atoms with Gasteiger partial charge in [0.1, 0.15) is 5.82 Å². The van der Waals surface area contributed by atoms with Crippen LogP contribution in [0.3, 0.4) is 0 Å². The van der Waals surface area contributed by atoms with E-state index in [1.807, 2.05) is 31.2 Å². The van der Waals surface area contributed by atoms with Gasteiger partial charge >= 0.3 is 0 Å². The second kappa shape index (κ2) is 6.62. The van der Waals surface area contributed by atoms with E-state index in [9.17, 15) is 4.39 Å². The van der Waals surface area contributed by atoms with Gasteiger partial charge in [-0.1, -0.05) is 25.1 Å². The highest BCUT2D eigenvalue weighted by molar-refractivity contribution is 5.34. The second-order valence-electron chi connectivity index (χ2n) is 5.10. The van der Waals surface area contributed by atoms with Gasteiger partial charge in [-0.05, 0) is 55.6 Å². The minimum atomic E-state index is -0.167. The van der Waals surface area contributed by atoms with E-state index in [2.05, 4.69) is 17.2 Å². The molecule has 1 N–H and O–H groups in total. The lowest BCUT2D eigenvalue weighted by atomic mass is 9.98. The molecule has 0 amide bonds. The van der Waals surface area contributed by atoms with E-state index in [1.165, 1.54) is 0 Å². The molecule has 3 heteroatoms. The fourth-order valence-electron chi connectivity index (χ4n) is 2.25. The lowest BCUT2D eigenvalue weighted by Crippen LogP contribution is -2.25. The van der Waals surface area contributed by atoms with Gasteiger partial charge in [-0.15, -0.1) is 0 Å². The number of aromatic nitrogens is 1. The highest BCUT2D eigenvalue weighted by atomic mass is 19.1. The Kier molecular flexibility index (Phi) is 4.85. The molecule has 1 aromatic carbocycles. The van der Waals surface area contributed by atoms with Crippen molar-refractivity contribution in [1.29, 1.82) is 0 Å². The summed E-state index contributed by atoms with van der Waals surface area (Å²) in [7, 11) is 0. The third kappa shape index (κ3) is 3.23. The quantitative estimate of drug-likeness (QED) is 0.892. The Hall–Kier alpha value is -1.74. The summed E-state index contributed by atoms with van der Waals surface area (Å²) in [6.45, 7) is 6.80. The SMILES string of the molecule is CCCNC(c1ccc(C)c(F)c1)c1ncccc1C. The number of benzene rings is 1. The number of rotatable bonds is 5. The van der Waals surface area contributed by atoms with E-state index in [0.29, 0.717) is 5.56 Å². The van der Waals surface area contributed by atoms with Gasteiger partial charge in [0, 0.05) is 6.20 Å². The monoisotopic (exact) mass is 272 g/mol. The van der Waals surface area contributed by atoms with Crippen LogP contribution in [0.5, 0.6) is 0 Å². The van der Waals surface area contributed by atoms with Crippen LogP contribution in [0.25, 0.3) is 0 Å². The Morgan fingerprint density at radius 3 is 2.65 bits per heavy atom. The highest BCUT2D eigenvalue weighted by Gasteiger charge is 2.17. The molecule has 0 saturated heterocycles. The topological polar surface area (TPSA) is 24.9 Å². The van der Waals surface area contributed by atoms with Crippen LogP contribution in [0.4, 0.5) is 4.39 Å². The van der Waals surface area contributed by atoms with Crippen LogP contribution >= 0.6 is 0 Å². The summed E-state index contributed by atoms with van der Waals surface area (Å²) in [5, 5.41) is 3.46. The normalized spacial score (nSPS) is 12.4. The van der Waals surface area contributed by atoms with Crippen molar-refractivity contribution in [2.24, 2.45) is 0 Å². The predicted octanol–water partition coefficient (Wildman–Crippen LogP) is 3.93. The van der Waals surface area contributed by atoms with Crippen molar-refractivity contribution in [3.05, 3.63) is 64.7 Å². The Balaban J connectivity index is 2.41. The Labute approximate surface area is 120 Å². The van der Waals surface area contributed by atoms with Gasteiger partial charge in [0.2, 0.25) is 0 Å². The number of nitrogens with one attached hydrogen (secondary N) is 1. The number of aryl methyl sites for hydroxylation is 2. The summed E-state index contributed by atoms with van der Waals surface area (Å²) in [4.78, 5) is 4.48. The molecule has 20 heavy (non-hydrogen) atoms. The first-order chi connectivity index (χ1) is 9.63. The van der Waals surface area contributed by atoms with Crippen LogP contribution < -0.4 is 5.32 Å². The van der Waals surface area contributed by atoms with E-state index >= 15 is 0 Å². The molecule has 1 atom stereocenters. The van der Waals surface area contributed by atoms with Crippen LogP contribution in [0.1, 0.15) is 41.8 Å². The van der Waals surface area contributed by atoms with Crippen molar-refractivity contribution < 1.29 is 4.39 Å². The fourth-order valence-corrected chi connectivity index (χ4v) is 2.25. The molecule has 0 aliphatic heterocycles. The first-order valence-electron chi connectivity index (χ1n) is 7.04. The van der Waals surface area contributed by atoms with Crippen molar-refractivity contribution in [2.75, 3.05) is 6.54 Å².